The quantitative estimate of drug-likeness (QED) is 0.570. The van der Waals surface area contributed by atoms with Gasteiger partial charge in [-0.15, -0.1) is 10.2 Å². The molecule has 1 saturated heterocycles. The van der Waals surface area contributed by atoms with Gasteiger partial charge in [-0.05, 0) is 20.8 Å². The maximum Gasteiger partial charge on any atom is 0.191 e. The third-order valence-corrected chi connectivity index (χ3v) is 4.23. The van der Waals surface area contributed by atoms with E-state index in [4.69, 9.17) is 4.74 Å². The van der Waals surface area contributed by atoms with Crippen molar-refractivity contribution >= 4 is 5.96 Å². The van der Waals surface area contributed by atoms with Crippen LogP contribution in [0, 0.1) is 0 Å². The highest BCUT2D eigenvalue weighted by Gasteiger charge is 2.28. The second-order valence-electron chi connectivity index (χ2n) is 6.22. The van der Waals surface area contributed by atoms with E-state index in [9.17, 15) is 0 Å². The first-order chi connectivity index (χ1) is 11.1. The van der Waals surface area contributed by atoms with Gasteiger partial charge in [-0.25, -0.2) is 0 Å². The summed E-state index contributed by atoms with van der Waals surface area (Å²) in [6, 6.07) is 0. The minimum Gasteiger partial charge on any atom is -0.379 e. The summed E-state index contributed by atoms with van der Waals surface area (Å²) < 4.78 is 7.44. The van der Waals surface area contributed by atoms with Gasteiger partial charge in [0.25, 0.3) is 0 Å². The number of morpholine rings is 1. The van der Waals surface area contributed by atoms with Gasteiger partial charge < -0.3 is 19.9 Å². The number of nitrogens with zero attached hydrogens (tertiary/aromatic N) is 5. The van der Waals surface area contributed by atoms with Crippen LogP contribution in [0.3, 0.4) is 0 Å². The van der Waals surface area contributed by atoms with E-state index in [1.54, 1.807) is 13.4 Å². The van der Waals surface area contributed by atoms with Crippen LogP contribution in [-0.4, -0.2) is 71.1 Å². The zero-order chi connectivity index (χ0) is 16.7. The predicted molar refractivity (Wildman–Crippen MR) is 90.4 cm³/mol. The Balaban J connectivity index is 1.82. The Labute approximate surface area is 138 Å². The molecule has 0 amide bonds. The summed E-state index contributed by atoms with van der Waals surface area (Å²) in [5.74, 6) is 1.68. The highest BCUT2D eigenvalue weighted by atomic mass is 16.5. The largest absolute Gasteiger partial charge is 0.379 e. The molecule has 0 saturated carbocycles. The number of aryl methyl sites for hydroxylation is 1. The van der Waals surface area contributed by atoms with E-state index < -0.39 is 0 Å². The van der Waals surface area contributed by atoms with Crippen LogP contribution < -0.4 is 10.6 Å². The molecule has 2 N–H and O–H groups in total. The number of hydrogen-bond acceptors (Lipinski definition) is 5. The lowest BCUT2D eigenvalue weighted by molar-refractivity contribution is -0.00834. The number of nitrogens with one attached hydrogen (secondary N) is 2. The highest BCUT2D eigenvalue weighted by Crippen LogP contribution is 2.14. The standard InChI is InChI=1S/C15H29N7O/c1-5-21-12-19-20-13(21)10-17-14(16-4)18-11-15(2,3)22-6-8-23-9-7-22/h12H,5-11H2,1-4H3,(H2,16,17,18). The molecule has 1 aromatic rings. The molecular formula is C15H29N7O. The maximum absolute atomic E-state index is 5.43. The predicted octanol–water partition coefficient (Wildman–Crippen LogP) is 0.0738. The summed E-state index contributed by atoms with van der Waals surface area (Å²) in [5, 5.41) is 14.8. The van der Waals surface area contributed by atoms with Crippen LogP contribution in [0.5, 0.6) is 0 Å². The van der Waals surface area contributed by atoms with E-state index in [-0.39, 0.29) is 5.54 Å². The third kappa shape index (κ3) is 4.90. The van der Waals surface area contributed by atoms with Crippen LogP contribution in [-0.2, 0) is 17.8 Å². The second kappa shape index (κ2) is 8.26. The summed E-state index contributed by atoms with van der Waals surface area (Å²) in [5.41, 5.74) is 0.0465. The van der Waals surface area contributed by atoms with Crippen molar-refractivity contribution in [2.75, 3.05) is 39.9 Å². The lowest BCUT2D eigenvalue weighted by Gasteiger charge is -2.41. The Bertz CT molecular complexity index is 506. The molecule has 2 heterocycles. The van der Waals surface area contributed by atoms with E-state index in [1.807, 2.05) is 4.57 Å². The Morgan fingerprint density at radius 2 is 2.09 bits per heavy atom. The molecule has 8 nitrogen and oxygen atoms in total. The minimum atomic E-state index is 0.0465. The Morgan fingerprint density at radius 1 is 1.35 bits per heavy atom. The van der Waals surface area contributed by atoms with E-state index in [0.29, 0.717) is 6.54 Å². The summed E-state index contributed by atoms with van der Waals surface area (Å²) in [6.45, 7) is 12.4. The number of ether oxygens (including phenoxy) is 1. The lowest BCUT2D eigenvalue weighted by atomic mass is 10.0. The van der Waals surface area contributed by atoms with Crippen LogP contribution in [0.25, 0.3) is 0 Å². The Morgan fingerprint density at radius 3 is 2.74 bits per heavy atom. The Hall–Kier alpha value is -1.67. The van der Waals surface area contributed by atoms with Crippen LogP contribution in [0.15, 0.2) is 11.3 Å². The van der Waals surface area contributed by atoms with Crippen molar-refractivity contribution in [1.82, 2.24) is 30.3 Å². The fraction of sp³-hybridized carbons (Fsp3) is 0.800. The molecule has 0 aliphatic carbocycles. The van der Waals surface area contributed by atoms with E-state index in [0.717, 1.165) is 51.2 Å². The molecule has 1 fully saturated rings. The molecule has 0 atom stereocenters. The Kier molecular flexibility index (Phi) is 6.35. The zero-order valence-corrected chi connectivity index (χ0v) is 14.7. The van der Waals surface area contributed by atoms with Crippen LogP contribution in [0.4, 0.5) is 0 Å². The zero-order valence-electron chi connectivity index (χ0n) is 14.7. The van der Waals surface area contributed by atoms with Gasteiger partial charge in [0.05, 0.1) is 19.8 Å². The molecule has 0 aromatic carbocycles. The van der Waals surface area contributed by atoms with Gasteiger partial charge in [-0.3, -0.25) is 9.89 Å². The maximum atomic E-state index is 5.43. The lowest BCUT2D eigenvalue weighted by Crippen LogP contribution is -2.56. The van der Waals surface area contributed by atoms with Crippen LogP contribution in [0.2, 0.25) is 0 Å². The number of guanidine groups is 1. The van der Waals surface area contributed by atoms with Crippen molar-refractivity contribution in [2.45, 2.75) is 39.4 Å². The monoisotopic (exact) mass is 323 g/mol. The molecule has 0 spiro atoms. The summed E-state index contributed by atoms with van der Waals surface area (Å²) in [7, 11) is 1.78. The van der Waals surface area contributed by atoms with Gasteiger partial charge in [0.15, 0.2) is 11.8 Å². The molecule has 130 valence electrons. The van der Waals surface area contributed by atoms with Crippen molar-refractivity contribution in [3.05, 3.63) is 12.2 Å². The summed E-state index contributed by atoms with van der Waals surface area (Å²) >= 11 is 0. The highest BCUT2D eigenvalue weighted by molar-refractivity contribution is 5.79. The molecule has 1 aliphatic rings. The molecule has 2 rings (SSSR count). The molecule has 23 heavy (non-hydrogen) atoms. The van der Waals surface area contributed by atoms with Gasteiger partial charge in [0.2, 0.25) is 0 Å². The molecule has 8 heteroatoms. The first kappa shape index (κ1) is 17.7. The first-order valence-corrected chi connectivity index (χ1v) is 8.21. The first-order valence-electron chi connectivity index (χ1n) is 8.21. The molecule has 1 aromatic heterocycles. The van der Waals surface area contributed by atoms with Crippen molar-refractivity contribution < 1.29 is 4.74 Å². The third-order valence-electron chi connectivity index (χ3n) is 4.23. The SMILES string of the molecule is CCn1cnnc1CNC(=NC)NCC(C)(C)N1CCOCC1. The van der Waals surface area contributed by atoms with E-state index >= 15 is 0 Å². The molecule has 1 aliphatic heterocycles. The van der Waals surface area contributed by atoms with Crippen LogP contribution in [0.1, 0.15) is 26.6 Å². The summed E-state index contributed by atoms with van der Waals surface area (Å²) in [6.07, 6.45) is 1.74. The topological polar surface area (TPSA) is 79.6 Å². The fourth-order valence-electron chi connectivity index (χ4n) is 2.64. The molecular weight excluding hydrogens is 294 g/mol. The number of aliphatic imine (C=N–C) groups is 1. The van der Waals surface area contributed by atoms with Crippen molar-refractivity contribution in [3.63, 3.8) is 0 Å². The smallest absolute Gasteiger partial charge is 0.191 e. The number of hydrogen-bond donors (Lipinski definition) is 2. The second-order valence-corrected chi connectivity index (χ2v) is 6.22. The summed E-state index contributed by atoms with van der Waals surface area (Å²) in [4.78, 5) is 6.73. The van der Waals surface area contributed by atoms with Crippen molar-refractivity contribution in [2.24, 2.45) is 4.99 Å². The normalized spacial score (nSPS) is 17.3. The van der Waals surface area contributed by atoms with Crippen molar-refractivity contribution in [1.29, 1.82) is 0 Å². The van der Waals surface area contributed by atoms with Gasteiger partial charge in [0, 0.05) is 38.8 Å². The van der Waals surface area contributed by atoms with E-state index in [1.165, 1.54) is 0 Å². The fourth-order valence-corrected chi connectivity index (χ4v) is 2.64. The van der Waals surface area contributed by atoms with Gasteiger partial charge >= 0.3 is 0 Å². The van der Waals surface area contributed by atoms with Gasteiger partial charge in [-0.1, -0.05) is 0 Å². The molecule has 0 unspecified atom stereocenters. The van der Waals surface area contributed by atoms with E-state index in [2.05, 4.69) is 51.5 Å². The van der Waals surface area contributed by atoms with Crippen molar-refractivity contribution in [3.8, 4) is 0 Å². The molecule has 0 radical (unpaired) electrons. The molecule has 0 bridgehead atoms. The minimum absolute atomic E-state index is 0.0465. The number of rotatable bonds is 6. The average Bonchev–Trinajstić information content (AvgIpc) is 3.03. The average molecular weight is 323 g/mol. The van der Waals surface area contributed by atoms with Gasteiger partial charge in [-0.2, -0.15) is 0 Å². The van der Waals surface area contributed by atoms with Crippen LogP contribution >= 0.6 is 0 Å². The van der Waals surface area contributed by atoms with Gasteiger partial charge in [0.1, 0.15) is 6.33 Å². The number of aromatic nitrogens is 3.